The van der Waals surface area contributed by atoms with Gasteiger partial charge in [0.25, 0.3) is 5.56 Å². The molecule has 2 heterocycles. The van der Waals surface area contributed by atoms with E-state index in [1.165, 1.54) is 29.0 Å². The molecule has 148 valence electrons. The van der Waals surface area contributed by atoms with Crippen LogP contribution in [0.3, 0.4) is 0 Å². The van der Waals surface area contributed by atoms with E-state index in [0.29, 0.717) is 24.3 Å². The Balaban J connectivity index is 1.64. The predicted molar refractivity (Wildman–Crippen MR) is 117 cm³/mol. The van der Waals surface area contributed by atoms with Gasteiger partial charge in [-0.2, -0.15) is 0 Å². The van der Waals surface area contributed by atoms with Crippen LogP contribution in [0.5, 0.6) is 0 Å². The summed E-state index contributed by atoms with van der Waals surface area (Å²) in [5.74, 6) is 0.361. The highest BCUT2D eigenvalue weighted by atomic mass is 32.1. The number of hydrogen-bond donors (Lipinski definition) is 1. The van der Waals surface area contributed by atoms with Crippen LogP contribution in [0.1, 0.15) is 21.8 Å². The third-order valence-electron chi connectivity index (χ3n) is 4.89. The van der Waals surface area contributed by atoms with Crippen molar-refractivity contribution in [1.29, 1.82) is 0 Å². The van der Waals surface area contributed by atoms with E-state index in [1.807, 2.05) is 44.0 Å². The highest BCUT2D eigenvalue weighted by molar-refractivity contribution is 7.19. The molecule has 0 aliphatic heterocycles. The summed E-state index contributed by atoms with van der Waals surface area (Å²) < 4.78 is 13.4. The van der Waals surface area contributed by atoms with Crippen molar-refractivity contribution in [2.45, 2.75) is 26.9 Å². The zero-order valence-electron chi connectivity index (χ0n) is 16.6. The molecule has 0 aliphatic rings. The Hall–Kier alpha value is -2.83. The summed E-state index contributed by atoms with van der Waals surface area (Å²) in [6.45, 7) is 5.11. The van der Waals surface area contributed by atoms with E-state index < -0.39 is 0 Å². The lowest BCUT2D eigenvalue weighted by molar-refractivity contribution is 0.310. The summed E-state index contributed by atoms with van der Waals surface area (Å²) in [4.78, 5) is 24.4. The zero-order valence-corrected chi connectivity index (χ0v) is 17.4. The minimum Gasteiger partial charge on any atom is -0.309 e. The first-order valence-corrected chi connectivity index (χ1v) is 10.2. The molecule has 0 bridgehead atoms. The molecule has 2 aromatic carbocycles. The first kappa shape index (κ1) is 19.5. The SMILES string of the molecule is Cc1ccc(-c2c(C)sc3nc(CN(C)Cc4cccc(F)c4)[nH]c(=O)c23)cc1. The lowest BCUT2D eigenvalue weighted by Crippen LogP contribution is -2.21. The Morgan fingerprint density at radius 1 is 1.10 bits per heavy atom. The number of nitrogens with zero attached hydrogens (tertiary/aromatic N) is 2. The molecular formula is C23H22FN3OS. The van der Waals surface area contributed by atoms with Crippen molar-refractivity contribution < 1.29 is 4.39 Å². The fourth-order valence-electron chi connectivity index (χ4n) is 3.56. The third kappa shape index (κ3) is 4.13. The molecule has 0 atom stereocenters. The van der Waals surface area contributed by atoms with Crippen LogP contribution in [0.15, 0.2) is 53.3 Å². The van der Waals surface area contributed by atoms with E-state index in [0.717, 1.165) is 26.4 Å². The highest BCUT2D eigenvalue weighted by Gasteiger charge is 2.17. The van der Waals surface area contributed by atoms with Gasteiger partial charge in [0.05, 0.1) is 11.9 Å². The molecule has 4 nitrogen and oxygen atoms in total. The molecule has 0 aliphatic carbocycles. The number of aryl methyl sites for hydroxylation is 2. The number of aromatic nitrogens is 2. The molecule has 1 N–H and O–H groups in total. The van der Waals surface area contributed by atoms with E-state index in [1.54, 1.807) is 6.07 Å². The largest absolute Gasteiger partial charge is 0.309 e. The number of rotatable bonds is 5. The van der Waals surface area contributed by atoms with Crippen molar-refractivity contribution in [3.05, 3.63) is 86.5 Å². The van der Waals surface area contributed by atoms with Crippen molar-refractivity contribution in [2.75, 3.05) is 7.05 Å². The molecule has 6 heteroatoms. The lowest BCUT2D eigenvalue weighted by atomic mass is 10.0. The summed E-state index contributed by atoms with van der Waals surface area (Å²) in [6.07, 6.45) is 0. The van der Waals surface area contributed by atoms with Crippen molar-refractivity contribution in [3.8, 4) is 11.1 Å². The first-order valence-electron chi connectivity index (χ1n) is 9.43. The average Bonchev–Trinajstić information content (AvgIpc) is 2.98. The Kier molecular flexibility index (Phi) is 5.30. The summed E-state index contributed by atoms with van der Waals surface area (Å²) in [7, 11) is 1.92. The summed E-state index contributed by atoms with van der Waals surface area (Å²) >= 11 is 1.54. The quantitative estimate of drug-likeness (QED) is 0.504. The topological polar surface area (TPSA) is 49.0 Å². The van der Waals surface area contributed by atoms with Gasteiger partial charge in [-0.05, 0) is 44.2 Å². The maximum absolute atomic E-state index is 13.4. The van der Waals surface area contributed by atoms with Crippen molar-refractivity contribution in [3.63, 3.8) is 0 Å². The number of hydrogen-bond acceptors (Lipinski definition) is 4. The van der Waals surface area contributed by atoms with Gasteiger partial charge in [0.15, 0.2) is 0 Å². The molecule has 0 fully saturated rings. The Bertz CT molecular complexity index is 1230. The van der Waals surface area contributed by atoms with Crippen LogP contribution < -0.4 is 5.56 Å². The molecule has 0 amide bonds. The summed E-state index contributed by atoms with van der Waals surface area (Å²) in [5, 5.41) is 0.646. The minimum absolute atomic E-state index is 0.121. The van der Waals surface area contributed by atoms with Crippen LogP contribution >= 0.6 is 11.3 Å². The molecule has 2 aromatic heterocycles. The lowest BCUT2D eigenvalue weighted by Gasteiger charge is -2.16. The Labute approximate surface area is 172 Å². The summed E-state index contributed by atoms with van der Waals surface area (Å²) in [6, 6.07) is 14.7. The average molecular weight is 408 g/mol. The Morgan fingerprint density at radius 3 is 2.59 bits per heavy atom. The molecule has 4 rings (SSSR count). The van der Waals surface area contributed by atoms with Gasteiger partial charge in [0.1, 0.15) is 16.5 Å². The van der Waals surface area contributed by atoms with Crippen LogP contribution in [-0.2, 0) is 13.1 Å². The van der Waals surface area contributed by atoms with Gasteiger partial charge in [-0.3, -0.25) is 9.69 Å². The van der Waals surface area contributed by atoms with Crippen LogP contribution in [0.25, 0.3) is 21.3 Å². The Morgan fingerprint density at radius 2 is 1.86 bits per heavy atom. The first-order chi connectivity index (χ1) is 13.9. The molecule has 0 radical (unpaired) electrons. The fourth-order valence-corrected chi connectivity index (χ4v) is 4.63. The standard InChI is InChI=1S/C23H22FN3OS/c1-14-7-9-17(10-8-14)20-15(2)29-23-21(20)22(28)25-19(26-23)13-27(3)12-16-5-4-6-18(24)11-16/h4-11H,12-13H2,1-3H3,(H,25,26,28). The number of halogens is 1. The fraction of sp³-hybridized carbons (Fsp3) is 0.217. The van der Waals surface area contributed by atoms with Gasteiger partial charge < -0.3 is 4.98 Å². The van der Waals surface area contributed by atoms with E-state index in [2.05, 4.69) is 17.1 Å². The van der Waals surface area contributed by atoms with Gasteiger partial charge in [-0.1, -0.05) is 42.0 Å². The second kappa shape index (κ2) is 7.89. The molecule has 0 unspecified atom stereocenters. The highest BCUT2D eigenvalue weighted by Crippen LogP contribution is 2.35. The van der Waals surface area contributed by atoms with Gasteiger partial charge in [-0.25, -0.2) is 9.37 Å². The third-order valence-corrected chi connectivity index (χ3v) is 5.89. The van der Waals surface area contributed by atoms with Crippen LogP contribution in [0.2, 0.25) is 0 Å². The van der Waals surface area contributed by atoms with Crippen molar-refractivity contribution in [1.82, 2.24) is 14.9 Å². The second-order valence-electron chi connectivity index (χ2n) is 7.39. The number of H-pyrrole nitrogens is 1. The van der Waals surface area contributed by atoms with Crippen LogP contribution in [-0.4, -0.2) is 21.9 Å². The van der Waals surface area contributed by atoms with Gasteiger partial charge in [-0.15, -0.1) is 11.3 Å². The van der Waals surface area contributed by atoms with Gasteiger partial charge in [0.2, 0.25) is 0 Å². The van der Waals surface area contributed by atoms with Gasteiger partial charge in [0, 0.05) is 17.0 Å². The minimum atomic E-state index is -0.249. The predicted octanol–water partition coefficient (Wildman–Crippen LogP) is 5.04. The van der Waals surface area contributed by atoms with Crippen LogP contribution in [0.4, 0.5) is 4.39 Å². The maximum Gasteiger partial charge on any atom is 0.260 e. The molecule has 29 heavy (non-hydrogen) atoms. The smallest absolute Gasteiger partial charge is 0.260 e. The molecular weight excluding hydrogens is 385 g/mol. The monoisotopic (exact) mass is 407 g/mol. The maximum atomic E-state index is 13.4. The number of fused-ring (bicyclic) bond motifs is 1. The molecule has 0 spiro atoms. The normalized spacial score (nSPS) is 11.5. The van der Waals surface area contributed by atoms with E-state index in [9.17, 15) is 9.18 Å². The zero-order chi connectivity index (χ0) is 20.5. The molecule has 0 saturated heterocycles. The molecule has 0 saturated carbocycles. The summed E-state index contributed by atoms with van der Waals surface area (Å²) in [5.41, 5.74) is 3.93. The van der Waals surface area contributed by atoms with Crippen molar-refractivity contribution >= 4 is 21.6 Å². The second-order valence-corrected chi connectivity index (χ2v) is 8.60. The van der Waals surface area contributed by atoms with Crippen LogP contribution in [0, 0.1) is 19.7 Å². The number of aromatic amines is 1. The van der Waals surface area contributed by atoms with E-state index >= 15 is 0 Å². The number of nitrogens with one attached hydrogen (secondary N) is 1. The number of benzene rings is 2. The van der Waals surface area contributed by atoms with Crippen molar-refractivity contribution in [2.24, 2.45) is 0 Å². The van der Waals surface area contributed by atoms with E-state index in [-0.39, 0.29) is 11.4 Å². The molecule has 4 aromatic rings. The van der Waals surface area contributed by atoms with Gasteiger partial charge >= 0.3 is 0 Å². The van der Waals surface area contributed by atoms with E-state index in [4.69, 9.17) is 4.98 Å². The number of thiophene rings is 1.